The Bertz CT molecular complexity index is 174. The maximum absolute atomic E-state index is 10.8. The van der Waals surface area contributed by atoms with E-state index in [-0.39, 0.29) is 5.92 Å². The molecule has 12 heavy (non-hydrogen) atoms. The van der Waals surface area contributed by atoms with Gasteiger partial charge in [0.15, 0.2) is 0 Å². The third-order valence-electron chi connectivity index (χ3n) is 2.61. The molecule has 1 rings (SSSR count). The van der Waals surface area contributed by atoms with E-state index >= 15 is 0 Å². The lowest BCUT2D eigenvalue weighted by atomic mass is 9.81. The van der Waals surface area contributed by atoms with E-state index in [9.17, 15) is 4.79 Å². The second-order valence-corrected chi connectivity index (χ2v) is 3.63. The van der Waals surface area contributed by atoms with Crippen molar-refractivity contribution < 1.29 is 9.90 Å². The molecule has 4 heteroatoms. The summed E-state index contributed by atoms with van der Waals surface area (Å²) >= 11 is 0. The second-order valence-electron chi connectivity index (χ2n) is 3.63. The van der Waals surface area contributed by atoms with Gasteiger partial charge in [-0.3, -0.25) is 4.79 Å². The van der Waals surface area contributed by atoms with Gasteiger partial charge in [0.1, 0.15) is 5.54 Å². The van der Waals surface area contributed by atoms with Gasteiger partial charge in [0, 0.05) is 6.54 Å². The number of hydrogen-bond acceptors (Lipinski definition) is 3. The molecule has 0 aliphatic carbocycles. The van der Waals surface area contributed by atoms with Crippen LogP contribution in [0.5, 0.6) is 0 Å². The summed E-state index contributed by atoms with van der Waals surface area (Å²) in [5.74, 6) is -0.847. The molecule has 4 N–H and O–H groups in total. The Morgan fingerprint density at radius 2 is 2.42 bits per heavy atom. The molecule has 0 bridgehead atoms. The molecular weight excluding hydrogens is 156 g/mol. The van der Waals surface area contributed by atoms with E-state index in [4.69, 9.17) is 10.8 Å². The normalized spacial score (nSPS) is 29.3. The van der Waals surface area contributed by atoms with Crippen molar-refractivity contribution in [2.75, 3.05) is 13.1 Å². The van der Waals surface area contributed by atoms with Crippen molar-refractivity contribution in [1.82, 2.24) is 5.32 Å². The summed E-state index contributed by atoms with van der Waals surface area (Å²) in [4.78, 5) is 10.8. The highest BCUT2D eigenvalue weighted by atomic mass is 16.4. The van der Waals surface area contributed by atoms with Crippen LogP contribution in [0.4, 0.5) is 0 Å². The van der Waals surface area contributed by atoms with Crippen LogP contribution in [0.3, 0.4) is 0 Å². The van der Waals surface area contributed by atoms with Crippen LogP contribution < -0.4 is 11.1 Å². The summed E-state index contributed by atoms with van der Waals surface area (Å²) < 4.78 is 0. The Labute approximate surface area is 72.1 Å². The molecule has 1 aliphatic rings. The number of rotatable bonds is 2. The summed E-state index contributed by atoms with van der Waals surface area (Å²) in [6, 6.07) is 0. The molecular formula is C8H16N2O2. The molecule has 1 fully saturated rings. The Morgan fingerprint density at radius 1 is 1.75 bits per heavy atom. The summed E-state index contributed by atoms with van der Waals surface area (Å²) in [5.41, 5.74) is 4.62. The van der Waals surface area contributed by atoms with E-state index in [1.807, 2.05) is 0 Å². The molecule has 1 unspecified atom stereocenters. The van der Waals surface area contributed by atoms with Gasteiger partial charge in [0.2, 0.25) is 0 Å². The van der Waals surface area contributed by atoms with Gasteiger partial charge in [0.05, 0.1) is 0 Å². The van der Waals surface area contributed by atoms with Crippen molar-refractivity contribution in [3.05, 3.63) is 0 Å². The van der Waals surface area contributed by atoms with Gasteiger partial charge in [-0.2, -0.15) is 0 Å². The van der Waals surface area contributed by atoms with Crippen LogP contribution in [0.25, 0.3) is 0 Å². The highest BCUT2D eigenvalue weighted by Crippen LogP contribution is 2.21. The number of carboxylic acid groups (broad SMARTS) is 1. The second kappa shape index (κ2) is 3.41. The quantitative estimate of drug-likeness (QED) is 0.538. The zero-order chi connectivity index (χ0) is 9.19. The lowest BCUT2D eigenvalue weighted by molar-refractivity contribution is -0.145. The number of nitrogens with one attached hydrogen (secondary N) is 1. The molecule has 1 heterocycles. The maximum atomic E-state index is 10.8. The molecule has 1 saturated heterocycles. The highest BCUT2D eigenvalue weighted by molar-refractivity contribution is 5.78. The lowest BCUT2D eigenvalue weighted by Crippen LogP contribution is -2.55. The zero-order valence-corrected chi connectivity index (χ0v) is 7.34. The van der Waals surface area contributed by atoms with Gasteiger partial charge >= 0.3 is 5.97 Å². The minimum Gasteiger partial charge on any atom is -0.480 e. The molecule has 0 aromatic heterocycles. The number of nitrogens with two attached hydrogens (primary N) is 1. The SMILES string of the molecule is C[C@](N)(C(=O)O)C1CCCNC1. The third-order valence-corrected chi connectivity index (χ3v) is 2.61. The van der Waals surface area contributed by atoms with Crippen LogP contribution in [-0.4, -0.2) is 29.7 Å². The standard InChI is InChI=1S/C8H16N2O2/c1-8(9,7(11)12)6-3-2-4-10-5-6/h6,10H,2-5,9H2,1H3,(H,11,12)/t6?,8-/m1/s1. The number of aliphatic carboxylic acids is 1. The molecule has 0 spiro atoms. The number of hydrogen-bond donors (Lipinski definition) is 3. The van der Waals surface area contributed by atoms with Crippen LogP contribution in [0.1, 0.15) is 19.8 Å². The van der Waals surface area contributed by atoms with Crippen LogP contribution in [0, 0.1) is 5.92 Å². The van der Waals surface area contributed by atoms with Gasteiger partial charge in [-0.15, -0.1) is 0 Å². The van der Waals surface area contributed by atoms with Gasteiger partial charge in [-0.25, -0.2) is 0 Å². The van der Waals surface area contributed by atoms with E-state index in [0.29, 0.717) is 0 Å². The first-order valence-electron chi connectivity index (χ1n) is 4.28. The average Bonchev–Trinajstić information content (AvgIpc) is 2.06. The molecule has 0 amide bonds. The monoisotopic (exact) mass is 172 g/mol. The van der Waals surface area contributed by atoms with Crippen molar-refractivity contribution in [2.24, 2.45) is 11.7 Å². The third kappa shape index (κ3) is 1.76. The van der Waals surface area contributed by atoms with Crippen LogP contribution in [0.15, 0.2) is 0 Å². The molecule has 1 aliphatic heterocycles. The summed E-state index contributed by atoms with van der Waals surface area (Å²) in [6.07, 6.45) is 1.93. The molecule has 2 atom stereocenters. The molecule has 4 nitrogen and oxygen atoms in total. The summed E-state index contributed by atoms with van der Waals surface area (Å²) in [7, 11) is 0. The smallest absolute Gasteiger partial charge is 0.323 e. The van der Waals surface area contributed by atoms with Crippen molar-refractivity contribution in [2.45, 2.75) is 25.3 Å². The van der Waals surface area contributed by atoms with E-state index in [0.717, 1.165) is 25.9 Å². The van der Waals surface area contributed by atoms with Gasteiger partial charge < -0.3 is 16.2 Å². The zero-order valence-electron chi connectivity index (χ0n) is 7.34. The van der Waals surface area contributed by atoms with Crippen molar-refractivity contribution in [3.63, 3.8) is 0 Å². The average molecular weight is 172 g/mol. The fraction of sp³-hybridized carbons (Fsp3) is 0.875. The Kier molecular flexibility index (Phi) is 2.69. The summed E-state index contributed by atoms with van der Waals surface area (Å²) in [5, 5.41) is 12.0. The maximum Gasteiger partial charge on any atom is 0.323 e. The predicted octanol–water partition coefficient (Wildman–Crippen LogP) is -0.212. The molecule has 0 saturated carbocycles. The fourth-order valence-electron chi connectivity index (χ4n) is 1.54. The fourth-order valence-corrected chi connectivity index (χ4v) is 1.54. The molecule has 0 aromatic carbocycles. The van der Waals surface area contributed by atoms with E-state index < -0.39 is 11.5 Å². The summed E-state index contributed by atoms with van der Waals surface area (Å²) in [6.45, 7) is 3.29. The Morgan fingerprint density at radius 3 is 2.83 bits per heavy atom. The van der Waals surface area contributed by atoms with Crippen molar-refractivity contribution in [3.8, 4) is 0 Å². The number of carbonyl (C=O) groups is 1. The Hall–Kier alpha value is -0.610. The molecule has 0 radical (unpaired) electrons. The van der Waals surface area contributed by atoms with Gasteiger partial charge in [0.25, 0.3) is 0 Å². The van der Waals surface area contributed by atoms with Crippen molar-refractivity contribution >= 4 is 5.97 Å². The Balaban J connectivity index is 2.59. The van der Waals surface area contributed by atoms with Crippen LogP contribution in [-0.2, 0) is 4.79 Å². The molecule has 70 valence electrons. The van der Waals surface area contributed by atoms with E-state index in [1.165, 1.54) is 0 Å². The first kappa shape index (κ1) is 9.48. The van der Waals surface area contributed by atoms with E-state index in [2.05, 4.69) is 5.32 Å². The van der Waals surface area contributed by atoms with E-state index in [1.54, 1.807) is 6.92 Å². The first-order valence-corrected chi connectivity index (χ1v) is 4.28. The number of piperidine rings is 1. The molecule has 0 aromatic rings. The van der Waals surface area contributed by atoms with Crippen LogP contribution in [0.2, 0.25) is 0 Å². The lowest BCUT2D eigenvalue weighted by Gasteiger charge is -2.33. The predicted molar refractivity (Wildman–Crippen MR) is 45.8 cm³/mol. The van der Waals surface area contributed by atoms with Gasteiger partial charge in [-0.1, -0.05) is 0 Å². The van der Waals surface area contributed by atoms with Crippen molar-refractivity contribution in [1.29, 1.82) is 0 Å². The minimum absolute atomic E-state index is 0.0590. The highest BCUT2D eigenvalue weighted by Gasteiger charge is 2.37. The number of carboxylic acids is 1. The minimum atomic E-state index is -1.08. The first-order chi connectivity index (χ1) is 5.55. The van der Waals surface area contributed by atoms with Gasteiger partial charge in [-0.05, 0) is 32.2 Å². The van der Waals surface area contributed by atoms with Crippen LogP contribution >= 0.6 is 0 Å². The topological polar surface area (TPSA) is 75.4 Å². The largest absolute Gasteiger partial charge is 0.480 e.